The van der Waals surface area contributed by atoms with Crippen LogP contribution in [0.1, 0.15) is 35.7 Å². The minimum Gasteiger partial charge on any atom is -0.378 e. The third-order valence-corrected chi connectivity index (χ3v) is 6.01. The topological polar surface area (TPSA) is 70.1 Å². The first-order valence-electron chi connectivity index (χ1n) is 10.5. The fraction of sp³-hybridized carbons (Fsp3) is 0.348. The molecule has 1 fully saturated rings. The van der Waals surface area contributed by atoms with Crippen molar-refractivity contribution in [1.29, 1.82) is 0 Å². The lowest BCUT2D eigenvalue weighted by atomic mass is 10.2. The molecule has 1 N–H and O–H groups in total. The molecule has 0 aliphatic carbocycles. The van der Waals surface area contributed by atoms with Gasteiger partial charge in [0, 0.05) is 56.4 Å². The van der Waals surface area contributed by atoms with Crippen LogP contribution in [-0.4, -0.2) is 57.5 Å². The summed E-state index contributed by atoms with van der Waals surface area (Å²) in [5, 5.41) is 1.05. The van der Waals surface area contributed by atoms with Gasteiger partial charge in [-0.2, -0.15) is 0 Å². The highest BCUT2D eigenvalue weighted by molar-refractivity contribution is 5.98. The zero-order valence-electron chi connectivity index (χ0n) is 17.6. The largest absolute Gasteiger partial charge is 0.378 e. The highest BCUT2D eigenvalue weighted by Crippen LogP contribution is 2.29. The van der Waals surface area contributed by atoms with Crippen LogP contribution in [0.5, 0.6) is 0 Å². The molecule has 1 saturated heterocycles. The van der Waals surface area contributed by atoms with Crippen LogP contribution in [0, 0.1) is 0 Å². The Morgan fingerprint density at radius 2 is 2.13 bits per heavy atom. The molecule has 3 aromatic heterocycles. The molecule has 1 aliphatic heterocycles. The molecule has 0 saturated carbocycles. The Morgan fingerprint density at radius 1 is 1.27 bits per heavy atom. The Bertz CT molecular complexity index is 1240. The number of nitrogens with zero attached hydrogens (tertiary/aromatic N) is 5. The zero-order chi connectivity index (χ0) is 20.8. The summed E-state index contributed by atoms with van der Waals surface area (Å²) in [6, 6.07) is 12.3. The van der Waals surface area contributed by atoms with Crippen LogP contribution >= 0.6 is 0 Å². The lowest BCUT2D eigenvalue weighted by molar-refractivity contribution is 0.0783. The summed E-state index contributed by atoms with van der Waals surface area (Å²) in [5.74, 6) is 1.08. The van der Waals surface area contributed by atoms with E-state index in [1.807, 2.05) is 43.4 Å². The van der Waals surface area contributed by atoms with E-state index in [9.17, 15) is 4.79 Å². The van der Waals surface area contributed by atoms with Gasteiger partial charge in [-0.05, 0) is 36.8 Å². The number of rotatable bonds is 4. The van der Waals surface area contributed by atoms with E-state index < -0.39 is 0 Å². The van der Waals surface area contributed by atoms with Crippen LogP contribution in [0.2, 0.25) is 0 Å². The molecule has 1 amide bonds. The van der Waals surface area contributed by atoms with E-state index in [1.165, 1.54) is 0 Å². The van der Waals surface area contributed by atoms with Crippen LogP contribution in [0.15, 0.2) is 42.6 Å². The summed E-state index contributed by atoms with van der Waals surface area (Å²) in [5.41, 5.74) is 4.57. The fourth-order valence-corrected chi connectivity index (χ4v) is 4.43. The number of likely N-dealkylation sites (tertiary alicyclic amines) is 1. The van der Waals surface area contributed by atoms with Gasteiger partial charge in [0.1, 0.15) is 17.0 Å². The van der Waals surface area contributed by atoms with Gasteiger partial charge in [0.25, 0.3) is 5.91 Å². The highest BCUT2D eigenvalue weighted by Gasteiger charge is 2.31. The predicted octanol–water partition coefficient (Wildman–Crippen LogP) is 3.63. The summed E-state index contributed by atoms with van der Waals surface area (Å²) in [4.78, 5) is 29.8. The quantitative estimate of drug-likeness (QED) is 0.566. The molecule has 154 valence electrons. The van der Waals surface area contributed by atoms with Crippen molar-refractivity contribution >= 4 is 33.7 Å². The molecular formula is C23H26N6O. The number of hydrogen-bond donors (Lipinski definition) is 1. The summed E-state index contributed by atoms with van der Waals surface area (Å²) >= 11 is 0. The van der Waals surface area contributed by atoms with Gasteiger partial charge >= 0.3 is 0 Å². The van der Waals surface area contributed by atoms with Gasteiger partial charge in [-0.3, -0.25) is 4.79 Å². The number of carbonyl (C=O) groups excluding carboxylic acids is 1. The molecule has 0 unspecified atom stereocenters. The van der Waals surface area contributed by atoms with Gasteiger partial charge in [0.2, 0.25) is 0 Å². The molecule has 0 radical (unpaired) electrons. The third kappa shape index (κ3) is 3.01. The highest BCUT2D eigenvalue weighted by atomic mass is 16.2. The minimum atomic E-state index is 0.0514. The predicted molar refractivity (Wildman–Crippen MR) is 119 cm³/mol. The maximum absolute atomic E-state index is 13.2. The fourth-order valence-electron chi connectivity index (χ4n) is 4.43. The van der Waals surface area contributed by atoms with E-state index in [0.717, 1.165) is 53.0 Å². The molecule has 5 rings (SSSR count). The van der Waals surface area contributed by atoms with Crippen molar-refractivity contribution in [3.8, 4) is 0 Å². The Morgan fingerprint density at radius 3 is 2.93 bits per heavy atom. The molecular weight excluding hydrogens is 376 g/mol. The normalized spacial score (nSPS) is 16.6. The number of amides is 1. The molecule has 30 heavy (non-hydrogen) atoms. The summed E-state index contributed by atoms with van der Waals surface area (Å²) in [6.45, 7) is 3.52. The smallest absolute Gasteiger partial charge is 0.270 e. The molecule has 1 aliphatic rings. The minimum absolute atomic E-state index is 0.0514. The van der Waals surface area contributed by atoms with Crippen molar-refractivity contribution in [2.24, 2.45) is 0 Å². The second kappa shape index (κ2) is 7.16. The Kier molecular flexibility index (Phi) is 4.46. The Labute approximate surface area is 175 Å². The van der Waals surface area contributed by atoms with Gasteiger partial charge in [0.15, 0.2) is 5.65 Å². The number of fused-ring (bicyclic) bond motifs is 2. The Hall–Kier alpha value is -3.35. The van der Waals surface area contributed by atoms with E-state index in [4.69, 9.17) is 4.98 Å². The standard InChI is InChI=1S/C23H26N6O/c1-4-21-26-18-6-5-10-24-22(18)29(21)17-9-11-28(14-17)23(30)20-12-15-7-8-16(27(2)3)13-19(15)25-20/h5-8,10,12-13,17,25H,4,9,11,14H2,1-3H3/t17-/m0/s1. The summed E-state index contributed by atoms with van der Waals surface area (Å²) in [7, 11) is 4.03. The average Bonchev–Trinajstić information content (AvgIpc) is 3.47. The van der Waals surface area contributed by atoms with Gasteiger partial charge in [-0.25, -0.2) is 9.97 Å². The van der Waals surface area contributed by atoms with Crippen molar-refractivity contribution in [1.82, 2.24) is 24.4 Å². The van der Waals surface area contributed by atoms with E-state index in [1.54, 1.807) is 0 Å². The first-order chi connectivity index (χ1) is 14.5. The molecule has 7 nitrogen and oxygen atoms in total. The van der Waals surface area contributed by atoms with Crippen molar-refractivity contribution in [2.75, 3.05) is 32.1 Å². The van der Waals surface area contributed by atoms with Crippen molar-refractivity contribution < 1.29 is 4.79 Å². The van der Waals surface area contributed by atoms with E-state index in [-0.39, 0.29) is 11.9 Å². The number of nitrogens with one attached hydrogen (secondary N) is 1. The second-order valence-electron chi connectivity index (χ2n) is 8.14. The monoisotopic (exact) mass is 402 g/mol. The van der Waals surface area contributed by atoms with Crippen LogP contribution in [0.4, 0.5) is 5.69 Å². The number of hydrogen-bond acceptors (Lipinski definition) is 4. The van der Waals surface area contributed by atoms with Gasteiger partial charge in [-0.1, -0.05) is 13.0 Å². The lowest BCUT2D eigenvalue weighted by Crippen LogP contribution is -2.29. The molecule has 0 bridgehead atoms. The number of anilines is 1. The number of carbonyl (C=O) groups is 1. The summed E-state index contributed by atoms with van der Waals surface area (Å²) < 4.78 is 2.23. The average molecular weight is 403 g/mol. The number of imidazole rings is 1. The van der Waals surface area contributed by atoms with Crippen LogP contribution < -0.4 is 4.90 Å². The molecule has 7 heteroatoms. The van der Waals surface area contributed by atoms with Crippen molar-refractivity contribution in [3.05, 3.63) is 54.1 Å². The van der Waals surface area contributed by atoms with E-state index >= 15 is 0 Å². The van der Waals surface area contributed by atoms with Crippen molar-refractivity contribution in [3.63, 3.8) is 0 Å². The van der Waals surface area contributed by atoms with E-state index in [2.05, 4.69) is 44.6 Å². The van der Waals surface area contributed by atoms with Crippen molar-refractivity contribution in [2.45, 2.75) is 25.8 Å². The van der Waals surface area contributed by atoms with Crippen LogP contribution in [0.3, 0.4) is 0 Å². The second-order valence-corrected chi connectivity index (χ2v) is 8.14. The molecule has 4 aromatic rings. The molecule has 1 aromatic carbocycles. The first-order valence-corrected chi connectivity index (χ1v) is 10.5. The van der Waals surface area contributed by atoms with Gasteiger partial charge < -0.3 is 19.4 Å². The molecule has 4 heterocycles. The van der Waals surface area contributed by atoms with Gasteiger partial charge in [-0.15, -0.1) is 0 Å². The lowest BCUT2D eigenvalue weighted by Gasteiger charge is -2.18. The number of benzene rings is 1. The van der Waals surface area contributed by atoms with E-state index in [0.29, 0.717) is 12.2 Å². The number of aryl methyl sites for hydroxylation is 1. The summed E-state index contributed by atoms with van der Waals surface area (Å²) in [6.07, 6.45) is 3.56. The van der Waals surface area contributed by atoms with Crippen LogP contribution in [0.25, 0.3) is 22.1 Å². The zero-order valence-corrected chi connectivity index (χ0v) is 17.6. The number of pyridine rings is 1. The number of aromatic nitrogens is 4. The third-order valence-electron chi connectivity index (χ3n) is 6.01. The molecule has 1 atom stereocenters. The first kappa shape index (κ1) is 18.7. The maximum atomic E-state index is 13.2. The SMILES string of the molecule is CCc1nc2cccnc2n1[C@H]1CCN(C(=O)c2cc3ccc(N(C)C)cc3[nH]2)C1. The number of H-pyrrole nitrogens is 1. The Balaban J connectivity index is 1.41. The van der Waals surface area contributed by atoms with Crippen LogP contribution in [-0.2, 0) is 6.42 Å². The number of aromatic amines is 1. The van der Waals surface area contributed by atoms with Gasteiger partial charge in [0.05, 0.1) is 6.04 Å². The molecule has 0 spiro atoms. The maximum Gasteiger partial charge on any atom is 0.270 e.